The number of carbonyl (C=O) groups excluding carboxylic acids is 2. The van der Waals surface area contributed by atoms with Gasteiger partial charge in [-0.25, -0.2) is 9.13 Å². The Morgan fingerprint density at radius 3 is 1.43 bits per heavy atom. The molecule has 0 N–H and O–H groups in total. The van der Waals surface area contributed by atoms with Crippen LogP contribution in [0.2, 0.25) is 0 Å². The number of esters is 2. The van der Waals surface area contributed by atoms with Gasteiger partial charge in [0.05, 0.1) is 26.4 Å². The Morgan fingerprint density at radius 1 is 0.725 bits per heavy atom. The molecule has 3 aliphatic rings. The topological polar surface area (TPSA) is 124 Å². The summed E-state index contributed by atoms with van der Waals surface area (Å²) in [6, 6.07) is 9.68. The van der Waals surface area contributed by atoms with Gasteiger partial charge in [0, 0.05) is 31.9 Å². The molecule has 2 aromatic carbocycles. The maximum atomic E-state index is 15.1. The minimum Gasteiger partial charge on any atom is -0.465 e. The molecule has 0 amide bonds. The Morgan fingerprint density at radius 2 is 1.10 bits per heavy atom. The van der Waals surface area contributed by atoms with Crippen LogP contribution in [0.1, 0.15) is 50.7 Å². The monoisotopic (exact) mass is 720 g/mol. The summed E-state index contributed by atoms with van der Waals surface area (Å²) in [4.78, 5) is 28.6. The molecule has 2 aromatic rings. The van der Waals surface area contributed by atoms with E-state index in [1.165, 1.54) is 0 Å². The van der Waals surface area contributed by atoms with E-state index in [1.807, 2.05) is 0 Å². The van der Waals surface area contributed by atoms with E-state index >= 15 is 9.13 Å². The zero-order chi connectivity index (χ0) is 29.1. The smallest absolute Gasteiger partial charge is 0.397 e. The fraction of sp³-hybridized carbons (Fsp3) is 0.462. The van der Waals surface area contributed by atoms with Gasteiger partial charge in [0.15, 0.2) is 10.3 Å². The molecule has 4 unspecified atom stereocenters. The van der Waals surface area contributed by atoms with Crippen LogP contribution in [0.5, 0.6) is 11.5 Å². The van der Waals surface area contributed by atoms with Crippen LogP contribution in [-0.4, -0.2) is 48.7 Å². The van der Waals surface area contributed by atoms with Gasteiger partial charge in [-0.3, -0.25) is 18.6 Å². The van der Waals surface area contributed by atoms with Gasteiger partial charge in [0.25, 0.3) is 0 Å². The highest BCUT2D eigenvalue weighted by atomic mass is 79.9. The molecule has 14 heteroatoms. The van der Waals surface area contributed by atoms with Crippen LogP contribution >= 0.6 is 47.1 Å². The van der Waals surface area contributed by atoms with Gasteiger partial charge in [-0.2, -0.15) is 0 Å². The van der Waals surface area contributed by atoms with Gasteiger partial charge in [-0.05, 0) is 64.1 Å². The molecular weight excluding hydrogens is 694 g/mol. The van der Waals surface area contributed by atoms with Gasteiger partial charge in [0.1, 0.15) is 11.5 Å². The summed E-state index contributed by atoms with van der Waals surface area (Å²) in [5.41, 5.74) is 0.583. The molecule has 0 spiro atoms. The van der Waals surface area contributed by atoms with E-state index < -0.39 is 49.3 Å². The summed E-state index contributed by atoms with van der Waals surface area (Å²) in [6.07, 6.45) is 0. The Kier molecular flexibility index (Phi) is 7.86. The molecule has 5 rings (SSSR count). The van der Waals surface area contributed by atoms with Gasteiger partial charge in [-0.15, -0.1) is 0 Å². The van der Waals surface area contributed by atoms with Gasteiger partial charge < -0.3 is 18.5 Å². The highest BCUT2D eigenvalue weighted by Crippen LogP contribution is 2.92. The molecule has 1 saturated carbocycles. The van der Waals surface area contributed by atoms with Crippen molar-refractivity contribution in [2.45, 2.75) is 49.8 Å². The molecule has 1 aliphatic carbocycles. The SMILES string of the molecule is CCOC(=O)C12C(c3cc(Br)ccc3O[P@]1(=O)OCC)C1(C(=O)OCC)C2c2cc(Br)ccc2O[P@@]1(=O)OCC. The molecule has 0 radical (unpaired) electrons. The summed E-state index contributed by atoms with van der Waals surface area (Å²) >= 11 is 6.90. The summed E-state index contributed by atoms with van der Waals surface area (Å²) in [6.45, 7) is 6.17. The van der Waals surface area contributed by atoms with E-state index in [9.17, 15) is 9.59 Å². The molecule has 40 heavy (non-hydrogen) atoms. The number of hydrogen-bond acceptors (Lipinski definition) is 10. The lowest BCUT2D eigenvalue weighted by atomic mass is 9.50. The minimum absolute atomic E-state index is 0.0607. The van der Waals surface area contributed by atoms with Crippen molar-refractivity contribution < 1.29 is 46.3 Å². The summed E-state index contributed by atoms with van der Waals surface area (Å²) < 4.78 is 66.4. The van der Waals surface area contributed by atoms with E-state index in [-0.39, 0.29) is 37.9 Å². The van der Waals surface area contributed by atoms with Gasteiger partial charge in [-0.1, -0.05) is 31.9 Å². The fourth-order valence-corrected chi connectivity index (χ4v) is 12.9. The van der Waals surface area contributed by atoms with E-state index in [1.54, 1.807) is 64.1 Å². The number of halogens is 2. The summed E-state index contributed by atoms with van der Waals surface area (Å²) in [5, 5.41) is -4.27. The Hall–Kier alpha value is -1.68. The minimum atomic E-state index is -4.52. The molecule has 1 fully saturated rings. The summed E-state index contributed by atoms with van der Waals surface area (Å²) in [5.74, 6) is -4.38. The molecule has 10 nitrogen and oxygen atoms in total. The second-order valence-electron chi connectivity index (χ2n) is 9.34. The van der Waals surface area contributed by atoms with Crippen molar-refractivity contribution in [3.8, 4) is 11.5 Å². The third kappa shape index (κ3) is 3.72. The second kappa shape index (κ2) is 10.5. The predicted molar refractivity (Wildman–Crippen MR) is 152 cm³/mol. The maximum absolute atomic E-state index is 15.1. The van der Waals surface area contributed by atoms with Crippen molar-refractivity contribution in [3.63, 3.8) is 0 Å². The Labute approximate surface area is 248 Å². The normalized spacial score (nSPS) is 33.0. The number of ether oxygens (including phenoxy) is 2. The lowest BCUT2D eigenvalue weighted by Crippen LogP contribution is -2.78. The van der Waals surface area contributed by atoms with Crippen molar-refractivity contribution in [1.29, 1.82) is 0 Å². The molecule has 6 atom stereocenters. The van der Waals surface area contributed by atoms with Crippen molar-refractivity contribution in [2.24, 2.45) is 0 Å². The first kappa shape index (κ1) is 29.8. The van der Waals surface area contributed by atoms with Crippen LogP contribution in [0.4, 0.5) is 0 Å². The number of hydrogen-bond donors (Lipinski definition) is 0. The Bertz CT molecular complexity index is 1360. The number of carbonyl (C=O) groups is 2. The first-order valence-electron chi connectivity index (χ1n) is 12.8. The quantitative estimate of drug-likeness (QED) is 0.209. The van der Waals surface area contributed by atoms with Gasteiger partial charge in [0.2, 0.25) is 0 Å². The molecule has 0 aromatic heterocycles. The first-order chi connectivity index (χ1) is 19.0. The molecular formula is C26H28Br2O10P2. The second-order valence-corrected chi connectivity index (χ2v) is 15.5. The summed E-state index contributed by atoms with van der Waals surface area (Å²) in [7, 11) is -9.04. The fourth-order valence-electron chi connectivity index (χ4n) is 6.35. The third-order valence-electron chi connectivity index (χ3n) is 7.47. The average molecular weight is 722 g/mol. The van der Waals surface area contributed by atoms with Crippen LogP contribution in [-0.2, 0) is 37.2 Å². The molecule has 0 saturated heterocycles. The Balaban J connectivity index is 2.00. The maximum Gasteiger partial charge on any atom is 0.397 e. The van der Waals surface area contributed by atoms with Crippen molar-refractivity contribution in [3.05, 3.63) is 56.5 Å². The highest BCUT2D eigenvalue weighted by Gasteiger charge is 2.95. The third-order valence-corrected chi connectivity index (χ3v) is 13.7. The van der Waals surface area contributed by atoms with Crippen LogP contribution in [0, 0.1) is 0 Å². The van der Waals surface area contributed by atoms with Crippen LogP contribution in [0.15, 0.2) is 45.3 Å². The first-order valence-corrected chi connectivity index (χ1v) is 17.5. The standard InChI is InChI=1S/C26H28Br2O10P2/c1-5-33-23(29)25-21(17-13-15(27)9-11-19(17)37-39(25,31)35-7-3)26(24(30)34-6-2)22(25)18-14-16(28)10-12-20(18)38-40(26,32)36-8-4/h9-14,21-22H,5-8H2,1-4H3/t21?,22?,25?,26?,39-,40+. The van der Waals surface area contributed by atoms with Gasteiger partial charge >= 0.3 is 27.1 Å². The zero-order valence-corrected chi connectivity index (χ0v) is 27.1. The van der Waals surface area contributed by atoms with E-state index in [4.69, 9.17) is 27.6 Å². The van der Waals surface area contributed by atoms with Crippen molar-refractivity contribution >= 4 is 59.0 Å². The average Bonchev–Trinajstić information content (AvgIpc) is 2.86. The number of rotatable bonds is 8. The van der Waals surface area contributed by atoms with Crippen LogP contribution < -0.4 is 9.05 Å². The van der Waals surface area contributed by atoms with Crippen LogP contribution in [0.25, 0.3) is 0 Å². The molecule has 2 heterocycles. The van der Waals surface area contributed by atoms with E-state index in [0.29, 0.717) is 20.1 Å². The number of benzene rings is 2. The lowest BCUT2D eigenvalue weighted by molar-refractivity contribution is -0.164. The molecule has 0 bridgehead atoms. The zero-order valence-electron chi connectivity index (χ0n) is 22.2. The molecule has 216 valence electrons. The van der Waals surface area contributed by atoms with Crippen molar-refractivity contribution in [1.82, 2.24) is 0 Å². The largest absolute Gasteiger partial charge is 0.465 e. The van der Waals surface area contributed by atoms with Crippen LogP contribution in [0.3, 0.4) is 0 Å². The lowest BCUT2D eigenvalue weighted by Gasteiger charge is -2.68. The van der Waals surface area contributed by atoms with Crippen molar-refractivity contribution in [2.75, 3.05) is 26.4 Å². The predicted octanol–water partition coefficient (Wildman–Crippen LogP) is 6.94. The molecule has 2 aliphatic heterocycles. The number of fused-ring (bicyclic) bond motifs is 8. The highest BCUT2D eigenvalue weighted by molar-refractivity contribution is 9.10. The van der Waals surface area contributed by atoms with E-state index in [2.05, 4.69) is 31.9 Å². The van der Waals surface area contributed by atoms with E-state index in [0.717, 1.165) is 0 Å².